The standard InChI is InChI=1S/C23H24N6O5/c30-20(26-15-2-4-33-22(15)31)19-28-21(34-29-19)14-9-25-18-12(1-3-24-18)17(14)27-16-11-5-10-6-23(32,7-11)8-13(10)16/h1,3,9-11,13,15-16,32H,2,4-8H2,(H,26,30)(H2,24,25,27)/t10?,11-,13-,15?,16+,23-/m0/s1. The van der Waals surface area contributed by atoms with E-state index in [0.29, 0.717) is 29.7 Å². The number of amides is 1. The molecular formula is C23H24N6O5. The number of aromatic nitrogens is 4. The van der Waals surface area contributed by atoms with Crippen molar-refractivity contribution in [3.63, 3.8) is 0 Å². The third kappa shape index (κ3) is 2.96. The summed E-state index contributed by atoms with van der Waals surface area (Å²) >= 11 is 0. The zero-order valence-corrected chi connectivity index (χ0v) is 18.3. The van der Waals surface area contributed by atoms with E-state index in [9.17, 15) is 14.7 Å². The number of hydrogen-bond donors (Lipinski definition) is 4. The SMILES string of the molecule is O=C(NC1CCOC1=O)c1noc(-c2cnc3[nH]ccc3c2N[C@@H]2[C@H]3CC4C[C@](O)(C3)C[C@@H]42)n1. The molecule has 3 aromatic heterocycles. The largest absolute Gasteiger partial charge is 0.464 e. The van der Waals surface area contributed by atoms with E-state index in [1.165, 1.54) is 0 Å². The zero-order valence-electron chi connectivity index (χ0n) is 18.3. The number of cyclic esters (lactones) is 1. The van der Waals surface area contributed by atoms with Crippen molar-refractivity contribution in [1.82, 2.24) is 25.4 Å². The number of fused-ring (bicyclic) bond motifs is 1. The third-order valence-corrected chi connectivity index (χ3v) is 8.08. The van der Waals surface area contributed by atoms with Crippen LogP contribution in [0.1, 0.15) is 42.7 Å². The molecule has 11 nitrogen and oxygen atoms in total. The molecule has 1 amide bonds. The number of pyridine rings is 1. The minimum atomic E-state index is -0.701. The Kier molecular flexibility index (Phi) is 4.12. The predicted octanol–water partition coefficient (Wildman–Crippen LogP) is 1.62. The predicted molar refractivity (Wildman–Crippen MR) is 118 cm³/mol. The van der Waals surface area contributed by atoms with Crippen molar-refractivity contribution in [2.45, 2.75) is 49.8 Å². The highest BCUT2D eigenvalue weighted by Crippen LogP contribution is 2.60. The van der Waals surface area contributed by atoms with E-state index in [4.69, 9.17) is 9.26 Å². The Bertz CT molecular complexity index is 1310. The molecule has 1 saturated heterocycles. The zero-order chi connectivity index (χ0) is 23.0. The smallest absolute Gasteiger partial charge is 0.328 e. The number of anilines is 1. The highest BCUT2D eigenvalue weighted by Gasteiger charge is 2.60. The van der Waals surface area contributed by atoms with E-state index in [1.807, 2.05) is 12.3 Å². The number of aliphatic hydroxyl groups is 1. The Labute approximate surface area is 193 Å². The van der Waals surface area contributed by atoms with E-state index in [0.717, 1.165) is 42.4 Å². The Morgan fingerprint density at radius 3 is 2.97 bits per heavy atom. The number of esters is 1. The molecule has 4 saturated carbocycles. The normalized spacial score (nSPS) is 33.6. The Morgan fingerprint density at radius 2 is 2.15 bits per heavy atom. The molecule has 0 radical (unpaired) electrons. The lowest BCUT2D eigenvalue weighted by molar-refractivity contribution is -0.139. The van der Waals surface area contributed by atoms with Crippen LogP contribution in [0.15, 0.2) is 23.0 Å². The summed E-state index contributed by atoms with van der Waals surface area (Å²) in [5.74, 6) is 0.340. The maximum Gasteiger partial charge on any atom is 0.328 e. The second kappa shape index (κ2) is 7.02. The first-order valence-corrected chi connectivity index (χ1v) is 11.7. The maximum absolute atomic E-state index is 12.6. The summed E-state index contributed by atoms with van der Waals surface area (Å²) in [6.07, 6.45) is 7.58. The lowest BCUT2D eigenvalue weighted by Crippen LogP contribution is -2.42. The van der Waals surface area contributed by atoms with Gasteiger partial charge in [0.1, 0.15) is 11.7 Å². The fourth-order valence-corrected chi connectivity index (χ4v) is 6.75. The summed E-state index contributed by atoms with van der Waals surface area (Å²) in [5.41, 5.74) is 1.67. The van der Waals surface area contributed by atoms with Gasteiger partial charge in [-0.3, -0.25) is 4.79 Å². The van der Waals surface area contributed by atoms with Crippen molar-refractivity contribution in [2.75, 3.05) is 11.9 Å². The summed E-state index contributed by atoms with van der Waals surface area (Å²) in [5, 5.41) is 21.9. The summed E-state index contributed by atoms with van der Waals surface area (Å²) < 4.78 is 10.3. The van der Waals surface area contributed by atoms with Crippen molar-refractivity contribution < 1.29 is 24.0 Å². The number of hydrogen-bond acceptors (Lipinski definition) is 9. The van der Waals surface area contributed by atoms with Crippen molar-refractivity contribution in [1.29, 1.82) is 0 Å². The second-order valence-corrected chi connectivity index (χ2v) is 10.1. The molecule has 4 aliphatic carbocycles. The van der Waals surface area contributed by atoms with E-state index >= 15 is 0 Å². The quantitative estimate of drug-likeness (QED) is 0.412. The van der Waals surface area contributed by atoms with Gasteiger partial charge < -0.3 is 30.0 Å². The lowest BCUT2D eigenvalue weighted by Gasteiger charge is -2.39. The molecule has 5 aliphatic rings. The molecule has 0 spiro atoms. The van der Waals surface area contributed by atoms with E-state index < -0.39 is 23.5 Å². The van der Waals surface area contributed by atoms with Crippen LogP contribution in [0.2, 0.25) is 0 Å². The van der Waals surface area contributed by atoms with Gasteiger partial charge in [-0.25, -0.2) is 9.78 Å². The van der Waals surface area contributed by atoms with E-state index in [2.05, 4.69) is 30.7 Å². The maximum atomic E-state index is 12.6. The fraction of sp³-hybridized carbons (Fsp3) is 0.522. The monoisotopic (exact) mass is 464 g/mol. The molecule has 3 aromatic rings. The van der Waals surface area contributed by atoms with Gasteiger partial charge >= 0.3 is 5.97 Å². The highest BCUT2D eigenvalue weighted by molar-refractivity contribution is 5.98. The number of carbonyl (C=O) groups is 2. The number of nitrogens with zero attached hydrogens (tertiary/aromatic N) is 3. The third-order valence-electron chi connectivity index (χ3n) is 8.08. The van der Waals surface area contributed by atoms with Gasteiger partial charge in [-0.1, -0.05) is 5.16 Å². The van der Waals surface area contributed by atoms with Crippen molar-refractivity contribution in [3.8, 4) is 11.5 Å². The summed E-state index contributed by atoms with van der Waals surface area (Å²) in [6.45, 7) is 0.278. The molecule has 176 valence electrons. The topological polar surface area (TPSA) is 155 Å². The number of H-pyrrole nitrogens is 1. The molecule has 34 heavy (non-hydrogen) atoms. The van der Waals surface area contributed by atoms with Crippen LogP contribution in [0.3, 0.4) is 0 Å². The molecular weight excluding hydrogens is 440 g/mol. The van der Waals surface area contributed by atoms with Crippen molar-refractivity contribution in [3.05, 3.63) is 24.3 Å². The average molecular weight is 464 g/mol. The van der Waals surface area contributed by atoms with Crippen LogP contribution in [-0.4, -0.2) is 61.4 Å². The molecule has 2 unspecified atom stereocenters. The number of ether oxygens (including phenoxy) is 1. The molecule has 8 rings (SSSR count). The Balaban J connectivity index is 1.21. The fourth-order valence-electron chi connectivity index (χ4n) is 6.75. The molecule has 1 aliphatic heterocycles. The first-order valence-electron chi connectivity index (χ1n) is 11.7. The minimum absolute atomic E-state index is 0.157. The van der Waals surface area contributed by atoms with Crippen LogP contribution in [0, 0.1) is 17.8 Å². The van der Waals surface area contributed by atoms with Gasteiger partial charge in [-0.15, -0.1) is 0 Å². The number of aromatic amines is 1. The Morgan fingerprint density at radius 1 is 1.26 bits per heavy atom. The second-order valence-electron chi connectivity index (χ2n) is 10.1. The highest BCUT2D eigenvalue weighted by atomic mass is 16.5. The van der Waals surface area contributed by atoms with E-state index in [-0.39, 0.29) is 24.4 Å². The molecule has 4 N–H and O–H groups in total. The number of rotatable bonds is 5. The summed E-state index contributed by atoms with van der Waals surface area (Å²) in [7, 11) is 0. The molecule has 4 bridgehead atoms. The van der Waals surface area contributed by atoms with Crippen LogP contribution in [0.4, 0.5) is 5.69 Å². The summed E-state index contributed by atoms with van der Waals surface area (Å²) in [4.78, 5) is 36.2. The van der Waals surface area contributed by atoms with Crippen LogP contribution >= 0.6 is 0 Å². The van der Waals surface area contributed by atoms with Crippen LogP contribution in [0.25, 0.3) is 22.5 Å². The van der Waals surface area contributed by atoms with Gasteiger partial charge in [0.05, 0.1) is 23.5 Å². The van der Waals surface area contributed by atoms with Gasteiger partial charge in [0.25, 0.3) is 17.6 Å². The summed E-state index contributed by atoms with van der Waals surface area (Å²) in [6, 6.07) is 1.49. The average Bonchev–Trinajstić information content (AvgIpc) is 3.61. The van der Waals surface area contributed by atoms with Gasteiger partial charge in [-0.2, -0.15) is 4.98 Å². The van der Waals surface area contributed by atoms with Crippen LogP contribution < -0.4 is 10.6 Å². The van der Waals surface area contributed by atoms with Crippen LogP contribution in [-0.2, 0) is 9.53 Å². The first-order chi connectivity index (χ1) is 16.5. The number of carbonyl (C=O) groups excluding carboxylic acids is 2. The van der Waals surface area contributed by atoms with Gasteiger partial charge in [0, 0.05) is 30.2 Å². The van der Waals surface area contributed by atoms with Gasteiger partial charge in [0.15, 0.2) is 0 Å². The van der Waals surface area contributed by atoms with Crippen LogP contribution in [0.5, 0.6) is 0 Å². The number of nitrogens with one attached hydrogen (secondary N) is 3. The van der Waals surface area contributed by atoms with Gasteiger partial charge in [-0.05, 0) is 49.5 Å². The van der Waals surface area contributed by atoms with E-state index in [1.54, 1.807) is 6.20 Å². The molecule has 6 atom stereocenters. The van der Waals surface area contributed by atoms with Crippen molar-refractivity contribution in [2.24, 2.45) is 17.8 Å². The van der Waals surface area contributed by atoms with Gasteiger partial charge in [0.2, 0.25) is 0 Å². The molecule has 0 aromatic carbocycles. The molecule has 4 heterocycles. The molecule has 5 fully saturated rings. The lowest BCUT2D eigenvalue weighted by atomic mass is 9.76. The Hall–Kier alpha value is -3.47. The first kappa shape index (κ1) is 20.0. The van der Waals surface area contributed by atoms with Crippen molar-refractivity contribution >= 4 is 28.6 Å². The molecule has 11 heteroatoms. The minimum Gasteiger partial charge on any atom is -0.464 e.